The number of nitriles is 1. The van der Waals surface area contributed by atoms with Gasteiger partial charge in [0, 0.05) is 32.1 Å². The van der Waals surface area contributed by atoms with Crippen molar-refractivity contribution in [3.05, 3.63) is 78.3 Å². The lowest BCUT2D eigenvalue weighted by molar-refractivity contribution is 0.403. The number of rotatable bonds is 5. The molecule has 0 fully saturated rings. The van der Waals surface area contributed by atoms with Crippen molar-refractivity contribution in [3.63, 3.8) is 0 Å². The molecule has 0 amide bonds. The van der Waals surface area contributed by atoms with E-state index in [1.54, 1.807) is 13.1 Å². The molecule has 2 aromatic heterocycles. The average Bonchev–Trinajstić information content (AvgIpc) is 3.22. The monoisotopic (exact) mass is 471 g/mol. The fraction of sp³-hybridized carbons (Fsp3) is 0.0417. The van der Waals surface area contributed by atoms with E-state index in [1.807, 2.05) is 66.7 Å². The van der Waals surface area contributed by atoms with Gasteiger partial charge in [0.1, 0.15) is 11.0 Å². The molecule has 0 aliphatic heterocycles. The molecule has 0 aliphatic rings. The number of nitrogens with two attached hydrogens (primary N) is 1. The van der Waals surface area contributed by atoms with Gasteiger partial charge in [0.25, 0.3) is 5.76 Å². The normalized spacial score (nSPS) is 12.0. The highest BCUT2D eigenvalue weighted by atomic mass is 32.2. The van der Waals surface area contributed by atoms with E-state index in [9.17, 15) is 9.47 Å². The highest BCUT2D eigenvalue weighted by Gasteiger charge is 2.21. The molecule has 0 aliphatic carbocycles. The minimum Gasteiger partial charge on any atom is -0.397 e. The molecule has 0 radical (unpaired) electrons. The van der Waals surface area contributed by atoms with E-state index in [4.69, 9.17) is 10.3 Å². The number of pyridine rings is 1. The Morgan fingerprint density at radius 3 is 2.70 bits per heavy atom. The van der Waals surface area contributed by atoms with Crippen LogP contribution >= 0.6 is 11.8 Å². The molecule has 3 aromatic carbocycles. The SMILES string of the molecule is Cc1noc(C#N)c1S(=O)Nc1cc(Sc2cccc3cccnc23)c(N)c2ccccc12. The summed E-state index contributed by atoms with van der Waals surface area (Å²) in [6, 6.07) is 21.3. The zero-order chi connectivity index (χ0) is 22.9. The van der Waals surface area contributed by atoms with E-state index in [1.165, 1.54) is 11.8 Å². The van der Waals surface area contributed by atoms with Crippen molar-refractivity contribution in [1.29, 1.82) is 5.26 Å². The fourth-order valence-electron chi connectivity index (χ4n) is 3.62. The van der Waals surface area contributed by atoms with Crippen molar-refractivity contribution in [2.24, 2.45) is 0 Å². The maximum absolute atomic E-state index is 13.1. The second kappa shape index (κ2) is 8.58. The largest absolute Gasteiger partial charge is 0.397 e. The van der Waals surface area contributed by atoms with Crippen LogP contribution in [0.1, 0.15) is 11.5 Å². The van der Waals surface area contributed by atoms with Gasteiger partial charge in [0.05, 0.1) is 22.6 Å². The van der Waals surface area contributed by atoms with Crippen molar-refractivity contribution >= 4 is 55.8 Å². The molecule has 162 valence electrons. The first-order chi connectivity index (χ1) is 16.1. The smallest absolute Gasteiger partial charge is 0.254 e. The van der Waals surface area contributed by atoms with Crippen LogP contribution in [0.2, 0.25) is 0 Å². The molecule has 0 bridgehead atoms. The van der Waals surface area contributed by atoms with E-state index < -0.39 is 11.0 Å². The lowest BCUT2D eigenvalue weighted by atomic mass is 10.1. The second-order valence-corrected chi connectivity index (χ2v) is 9.46. The summed E-state index contributed by atoms with van der Waals surface area (Å²) in [5.74, 6) is -0.0745. The van der Waals surface area contributed by atoms with Crippen LogP contribution in [0.3, 0.4) is 0 Å². The molecule has 0 saturated carbocycles. The number of nitrogens with one attached hydrogen (secondary N) is 1. The Morgan fingerprint density at radius 2 is 1.88 bits per heavy atom. The van der Waals surface area contributed by atoms with Gasteiger partial charge in [-0.1, -0.05) is 59.4 Å². The topological polar surface area (TPSA) is 118 Å². The van der Waals surface area contributed by atoms with E-state index in [0.717, 1.165) is 31.5 Å². The standard InChI is InChI=1S/C24H17N5O2S2/c1-14-24(19(13-25)31-28-14)33(30)29-18-12-21(22(26)17-9-3-2-8-16(17)18)32-20-10-4-6-15-7-5-11-27-23(15)20/h2-12,29H,26H2,1H3. The summed E-state index contributed by atoms with van der Waals surface area (Å²) in [7, 11) is -1.76. The van der Waals surface area contributed by atoms with E-state index in [0.29, 0.717) is 17.1 Å². The molecule has 33 heavy (non-hydrogen) atoms. The molecule has 3 N–H and O–H groups in total. The second-order valence-electron chi connectivity index (χ2n) is 7.22. The Kier molecular flexibility index (Phi) is 5.46. The van der Waals surface area contributed by atoms with Crippen LogP contribution in [0.4, 0.5) is 11.4 Å². The third kappa shape index (κ3) is 3.80. The van der Waals surface area contributed by atoms with Crippen molar-refractivity contribution in [2.75, 3.05) is 10.5 Å². The minimum atomic E-state index is -1.76. The van der Waals surface area contributed by atoms with Crippen molar-refractivity contribution < 1.29 is 8.73 Å². The van der Waals surface area contributed by atoms with Crippen molar-refractivity contribution in [3.8, 4) is 6.07 Å². The molecule has 1 unspecified atom stereocenters. The molecular weight excluding hydrogens is 454 g/mol. The third-order valence-corrected chi connectivity index (χ3v) is 7.53. The summed E-state index contributed by atoms with van der Waals surface area (Å²) in [5, 5.41) is 15.7. The number of nitrogen functional groups attached to an aromatic ring is 1. The molecular formula is C24H17N5O2S2. The number of hydrogen-bond donors (Lipinski definition) is 2. The van der Waals surface area contributed by atoms with Gasteiger partial charge in [-0.3, -0.25) is 4.98 Å². The summed E-state index contributed by atoms with van der Waals surface area (Å²) in [6.07, 6.45) is 1.76. The number of nitrogens with zero attached hydrogens (tertiary/aromatic N) is 3. The number of anilines is 2. The highest BCUT2D eigenvalue weighted by molar-refractivity contribution is 7.99. The molecule has 0 saturated heterocycles. The molecule has 1 atom stereocenters. The number of benzene rings is 3. The summed E-state index contributed by atoms with van der Waals surface area (Å²) in [6.45, 7) is 1.65. The van der Waals surface area contributed by atoms with Gasteiger partial charge >= 0.3 is 0 Å². The molecule has 7 nitrogen and oxygen atoms in total. The summed E-state index contributed by atoms with van der Waals surface area (Å²) < 4.78 is 21.2. The number of aryl methyl sites for hydroxylation is 1. The quantitative estimate of drug-likeness (QED) is 0.328. The first-order valence-corrected chi connectivity index (χ1v) is 11.9. The number of aromatic nitrogens is 2. The zero-order valence-corrected chi connectivity index (χ0v) is 19.0. The predicted molar refractivity (Wildman–Crippen MR) is 130 cm³/mol. The van der Waals surface area contributed by atoms with Gasteiger partial charge in [0.15, 0.2) is 11.0 Å². The molecule has 0 spiro atoms. The van der Waals surface area contributed by atoms with Crippen molar-refractivity contribution in [1.82, 2.24) is 10.1 Å². The average molecular weight is 472 g/mol. The lowest BCUT2D eigenvalue weighted by Gasteiger charge is -2.15. The fourth-order valence-corrected chi connectivity index (χ4v) is 5.69. The van der Waals surface area contributed by atoms with Gasteiger partial charge in [-0.2, -0.15) is 5.26 Å². The van der Waals surface area contributed by atoms with Gasteiger partial charge in [-0.15, -0.1) is 0 Å². The highest BCUT2D eigenvalue weighted by Crippen LogP contribution is 2.42. The molecule has 5 rings (SSSR count). The van der Waals surface area contributed by atoms with E-state index in [-0.39, 0.29) is 10.7 Å². The Labute approximate surface area is 196 Å². The van der Waals surface area contributed by atoms with Crippen LogP contribution in [0.5, 0.6) is 0 Å². The van der Waals surface area contributed by atoms with Crippen LogP contribution < -0.4 is 10.5 Å². The summed E-state index contributed by atoms with van der Waals surface area (Å²) in [5.41, 5.74) is 9.09. The number of hydrogen-bond acceptors (Lipinski definition) is 7. The summed E-state index contributed by atoms with van der Waals surface area (Å²) in [4.78, 5) is 6.52. The number of fused-ring (bicyclic) bond motifs is 2. The lowest BCUT2D eigenvalue weighted by Crippen LogP contribution is -2.08. The van der Waals surface area contributed by atoms with Crippen LogP contribution in [0.15, 0.2) is 86.1 Å². The maximum atomic E-state index is 13.1. The van der Waals surface area contributed by atoms with Gasteiger partial charge in [0.2, 0.25) is 0 Å². The van der Waals surface area contributed by atoms with Crippen LogP contribution in [0.25, 0.3) is 21.7 Å². The van der Waals surface area contributed by atoms with Crippen LogP contribution in [-0.2, 0) is 11.0 Å². The number of para-hydroxylation sites is 1. The van der Waals surface area contributed by atoms with E-state index in [2.05, 4.69) is 14.9 Å². The molecule has 5 aromatic rings. The van der Waals surface area contributed by atoms with Crippen LogP contribution in [-0.4, -0.2) is 14.3 Å². The zero-order valence-electron chi connectivity index (χ0n) is 17.4. The van der Waals surface area contributed by atoms with Crippen LogP contribution in [0, 0.1) is 18.3 Å². The summed E-state index contributed by atoms with van der Waals surface area (Å²) >= 11 is 1.50. The van der Waals surface area contributed by atoms with Gasteiger partial charge in [-0.25, -0.2) is 4.21 Å². The predicted octanol–water partition coefficient (Wildman–Crippen LogP) is 5.42. The Bertz CT molecular complexity index is 1580. The van der Waals surface area contributed by atoms with Gasteiger partial charge < -0.3 is 15.0 Å². The molecule has 2 heterocycles. The van der Waals surface area contributed by atoms with Gasteiger partial charge in [-0.05, 0) is 25.1 Å². The Morgan fingerprint density at radius 1 is 1.09 bits per heavy atom. The first-order valence-electron chi connectivity index (χ1n) is 9.94. The van der Waals surface area contributed by atoms with E-state index >= 15 is 0 Å². The van der Waals surface area contributed by atoms with Crippen molar-refractivity contribution in [2.45, 2.75) is 21.6 Å². The maximum Gasteiger partial charge on any atom is 0.254 e. The third-order valence-electron chi connectivity index (χ3n) is 5.16. The first kappa shape index (κ1) is 21.0. The Hall–Kier alpha value is -3.87. The minimum absolute atomic E-state index is 0.0745. The molecule has 9 heteroatoms. The Balaban J connectivity index is 1.61.